The number of nitrogens with one attached hydrogen (secondary N) is 1. The maximum atomic E-state index is 13.3. The lowest BCUT2D eigenvalue weighted by Gasteiger charge is -2.34. The fourth-order valence-electron chi connectivity index (χ4n) is 3.78. The first-order valence-corrected chi connectivity index (χ1v) is 10.6. The van der Waals surface area contributed by atoms with Crippen molar-refractivity contribution in [1.29, 1.82) is 0 Å². The van der Waals surface area contributed by atoms with Crippen molar-refractivity contribution in [3.05, 3.63) is 65.9 Å². The molecular formula is C24H27N3O4. The van der Waals surface area contributed by atoms with Crippen LogP contribution in [-0.4, -0.2) is 61.0 Å². The van der Waals surface area contributed by atoms with E-state index >= 15 is 0 Å². The van der Waals surface area contributed by atoms with Crippen molar-refractivity contribution in [1.82, 2.24) is 9.80 Å². The maximum absolute atomic E-state index is 13.3. The third-order valence-corrected chi connectivity index (χ3v) is 5.40. The Labute approximate surface area is 181 Å². The molecule has 4 rings (SSSR count). The van der Waals surface area contributed by atoms with Gasteiger partial charge in [-0.05, 0) is 24.6 Å². The van der Waals surface area contributed by atoms with Crippen LogP contribution in [0.25, 0.3) is 11.0 Å². The Hall–Kier alpha value is -3.16. The fourth-order valence-corrected chi connectivity index (χ4v) is 3.78. The van der Waals surface area contributed by atoms with Gasteiger partial charge in [0.05, 0.1) is 0 Å². The number of para-hydroxylation sites is 1. The van der Waals surface area contributed by atoms with Gasteiger partial charge in [0.2, 0.25) is 11.7 Å². The monoisotopic (exact) mass is 421 g/mol. The molecule has 2 amide bonds. The van der Waals surface area contributed by atoms with E-state index in [1.54, 1.807) is 11.0 Å². The molecule has 3 aromatic rings. The summed E-state index contributed by atoms with van der Waals surface area (Å²) in [6.45, 7) is 5.85. The van der Waals surface area contributed by atoms with E-state index in [1.807, 2.05) is 43.3 Å². The summed E-state index contributed by atoms with van der Waals surface area (Å²) in [4.78, 5) is 29.7. The second kappa shape index (κ2) is 9.76. The molecule has 31 heavy (non-hydrogen) atoms. The molecule has 1 N–H and O–H groups in total. The molecule has 0 aliphatic carbocycles. The first kappa shape index (κ1) is 21.1. The third-order valence-electron chi connectivity index (χ3n) is 5.40. The van der Waals surface area contributed by atoms with E-state index in [1.165, 1.54) is 5.56 Å². The minimum Gasteiger partial charge on any atom is -0.449 e. The van der Waals surface area contributed by atoms with Gasteiger partial charge >= 0.3 is 0 Å². The van der Waals surface area contributed by atoms with Gasteiger partial charge in [-0.2, -0.15) is 0 Å². The van der Waals surface area contributed by atoms with E-state index in [9.17, 15) is 9.59 Å². The highest BCUT2D eigenvalue weighted by Gasteiger charge is 2.28. The third kappa shape index (κ3) is 4.95. The van der Waals surface area contributed by atoms with Gasteiger partial charge in [0, 0.05) is 44.7 Å². The Balaban J connectivity index is 1.47. The van der Waals surface area contributed by atoms with Crippen LogP contribution in [-0.2, 0) is 16.1 Å². The highest BCUT2D eigenvalue weighted by molar-refractivity contribution is 6.11. The molecule has 7 heteroatoms. The van der Waals surface area contributed by atoms with Crippen molar-refractivity contribution >= 4 is 28.5 Å². The molecule has 0 radical (unpaired) electrons. The Bertz CT molecular complexity index is 1040. The Kier molecular flexibility index (Phi) is 6.64. The van der Waals surface area contributed by atoms with Crippen LogP contribution < -0.4 is 5.32 Å². The van der Waals surface area contributed by atoms with Gasteiger partial charge in [-0.1, -0.05) is 42.5 Å². The maximum Gasteiger partial charge on any atom is 0.291 e. The number of furan rings is 1. The molecule has 0 atom stereocenters. The van der Waals surface area contributed by atoms with Crippen molar-refractivity contribution < 1.29 is 18.7 Å². The molecule has 1 aliphatic heterocycles. The largest absolute Gasteiger partial charge is 0.449 e. The summed E-state index contributed by atoms with van der Waals surface area (Å²) < 4.78 is 11.1. The average molecular weight is 421 g/mol. The smallest absolute Gasteiger partial charge is 0.291 e. The predicted molar refractivity (Wildman–Crippen MR) is 119 cm³/mol. The van der Waals surface area contributed by atoms with E-state index in [0.29, 0.717) is 36.4 Å². The average Bonchev–Trinajstić information content (AvgIpc) is 3.17. The van der Waals surface area contributed by atoms with Crippen LogP contribution >= 0.6 is 0 Å². The van der Waals surface area contributed by atoms with E-state index < -0.39 is 0 Å². The van der Waals surface area contributed by atoms with Gasteiger partial charge in [-0.25, -0.2) is 0 Å². The molecule has 2 aromatic carbocycles. The number of nitrogens with zero attached hydrogens (tertiary/aromatic N) is 2. The number of hydrogen-bond donors (Lipinski definition) is 1. The van der Waals surface area contributed by atoms with Gasteiger partial charge in [0.25, 0.3) is 5.91 Å². The number of amides is 2. The molecule has 0 saturated carbocycles. The number of anilines is 1. The number of carbonyl (C=O) groups is 2. The minimum atomic E-state index is -0.310. The number of hydrogen-bond acceptors (Lipinski definition) is 5. The fraction of sp³-hybridized carbons (Fsp3) is 0.333. The predicted octanol–water partition coefficient (Wildman–Crippen LogP) is 3.37. The van der Waals surface area contributed by atoms with Crippen molar-refractivity contribution in [3.63, 3.8) is 0 Å². The van der Waals surface area contributed by atoms with Crippen molar-refractivity contribution in [2.75, 3.05) is 44.7 Å². The number of fused-ring (bicyclic) bond motifs is 1. The molecule has 7 nitrogen and oxygen atoms in total. The molecule has 1 aromatic heterocycles. The summed E-state index contributed by atoms with van der Waals surface area (Å²) in [6.07, 6.45) is 0. The lowest BCUT2D eigenvalue weighted by Crippen LogP contribution is -2.48. The zero-order valence-electron chi connectivity index (χ0n) is 17.7. The molecule has 0 spiro atoms. The summed E-state index contributed by atoms with van der Waals surface area (Å²) in [5.74, 6) is -0.347. The van der Waals surface area contributed by atoms with E-state index in [2.05, 4.69) is 22.3 Å². The quantitative estimate of drug-likeness (QED) is 0.633. The Morgan fingerprint density at radius 3 is 2.45 bits per heavy atom. The topological polar surface area (TPSA) is 75.0 Å². The number of ether oxygens (including phenoxy) is 1. The van der Waals surface area contributed by atoms with E-state index in [0.717, 1.165) is 19.6 Å². The first-order valence-electron chi connectivity index (χ1n) is 10.6. The molecule has 0 bridgehead atoms. The lowest BCUT2D eigenvalue weighted by atomic mass is 10.2. The summed E-state index contributed by atoms with van der Waals surface area (Å²) in [7, 11) is 0. The first-order chi connectivity index (χ1) is 15.2. The summed E-state index contributed by atoms with van der Waals surface area (Å²) in [5, 5.41) is 3.52. The van der Waals surface area contributed by atoms with Gasteiger partial charge in [-0.15, -0.1) is 0 Å². The van der Waals surface area contributed by atoms with Crippen molar-refractivity contribution in [2.45, 2.75) is 13.5 Å². The summed E-state index contributed by atoms with van der Waals surface area (Å²) in [6, 6.07) is 17.6. The van der Waals surface area contributed by atoms with Crippen LogP contribution in [0.2, 0.25) is 0 Å². The van der Waals surface area contributed by atoms with Crippen molar-refractivity contribution in [3.8, 4) is 0 Å². The van der Waals surface area contributed by atoms with Gasteiger partial charge in [0.15, 0.2) is 0 Å². The molecule has 1 saturated heterocycles. The number of benzene rings is 2. The standard InChI is InChI=1S/C24H27N3O4/c1-2-30-17-21(28)25-22-19-10-6-7-11-20(19)31-23(22)24(29)27-14-12-26(13-15-27)16-18-8-4-3-5-9-18/h3-11H,2,12-17H2,1H3,(H,25,28). The Morgan fingerprint density at radius 1 is 1.00 bits per heavy atom. The highest BCUT2D eigenvalue weighted by atomic mass is 16.5. The van der Waals surface area contributed by atoms with Gasteiger partial charge in [0.1, 0.15) is 17.9 Å². The second-order valence-electron chi connectivity index (χ2n) is 7.54. The second-order valence-corrected chi connectivity index (χ2v) is 7.54. The SMILES string of the molecule is CCOCC(=O)Nc1c(C(=O)N2CCN(Cc3ccccc3)CC2)oc2ccccc12. The van der Waals surface area contributed by atoms with Crippen LogP contribution in [0.1, 0.15) is 23.0 Å². The molecule has 1 aliphatic rings. The van der Waals surface area contributed by atoms with Gasteiger partial charge in [-0.3, -0.25) is 14.5 Å². The highest BCUT2D eigenvalue weighted by Crippen LogP contribution is 2.32. The van der Waals surface area contributed by atoms with Crippen molar-refractivity contribution in [2.24, 2.45) is 0 Å². The summed E-state index contributed by atoms with van der Waals surface area (Å²) in [5.41, 5.74) is 2.25. The van der Waals surface area contributed by atoms with Gasteiger partial charge < -0.3 is 19.4 Å². The van der Waals surface area contributed by atoms with E-state index in [4.69, 9.17) is 9.15 Å². The van der Waals surface area contributed by atoms with Crippen LogP contribution in [0.15, 0.2) is 59.0 Å². The Morgan fingerprint density at radius 2 is 1.71 bits per heavy atom. The molecule has 2 heterocycles. The number of carbonyl (C=O) groups excluding carboxylic acids is 2. The van der Waals surface area contributed by atoms with Crippen LogP contribution in [0.3, 0.4) is 0 Å². The van der Waals surface area contributed by atoms with Crippen LogP contribution in [0, 0.1) is 0 Å². The molecular weight excluding hydrogens is 394 g/mol. The zero-order valence-corrected chi connectivity index (χ0v) is 17.7. The van der Waals surface area contributed by atoms with Crippen LogP contribution in [0.4, 0.5) is 5.69 Å². The zero-order chi connectivity index (χ0) is 21.6. The lowest BCUT2D eigenvalue weighted by molar-refractivity contribution is -0.120. The molecule has 1 fully saturated rings. The minimum absolute atomic E-state index is 0.0677. The normalized spacial score (nSPS) is 14.7. The molecule has 0 unspecified atom stereocenters. The van der Waals surface area contributed by atoms with Crippen LogP contribution in [0.5, 0.6) is 0 Å². The molecule has 162 valence electrons. The number of piperazine rings is 1. The van der Waals surface area contributed by atoms with E-state index in [-0.39, 0.29) is 24.2 Å². The summed E-state index contributed by atoms with van der Waals surface area (Å²) >= 11 is 0. The number of rotatable bonds is 7.